The summed E-state index contributed by atoms with van der Waals surface area (Å²) < 4.78 is 11.8. The van der Waals surface area contributed by atoms with Crippen LogP contribution in [0.15, 0.2) is 34.1 Å². The number of nitrogens with zero attached hydrogens (tertiary/aromatic N) is 1. The lowest BCUT2D eigenvalue weighted by Crippen LogP contribution is -2.19. The molecule has 0 amide bonds. The van der Waals surface area contributed by atoms with Crippen molar-refractivity contribution in [1.82, 2.24) is 10.3 Å². The van der Waals surface area contributed by atoms with Crippen molar-refractivity contribution in [3.63, 3.8) is 0 Å². The lowest BCUT2D eigenvalue weighted by molar-refractivity contribution is 0.387. The molecule has 0 aliphatic rings. The molecule has 4 nitrogen and oxygen atoms in total. The molecule has 0 fully saturated rings. The average Bonchev–Trinajstić information content (AvgIpc) is 3.01. The van der Waals surface area contributed by atoms with Crippen LogP contribution >= 0.6 is 23.1 Å². The van der Waals surface area contributed by atoms with Crippen LogP contribution < -0.4 is 14.8 Å². The molecule has 2 rings (SSSR count). The molecule has 1 heterocycles. The Morgan fingerprint density at radius 3 is 2.80 bits per heavy atom. The molecule has 0 bridgehead atoms. The molecule has 1 N–H and O–H groups in total. The Balaban J connectivity index is 2.13. The Kier molecular flexibility index (Phi) is 5.70. The number of nitrogens with one attached hydrogen (secondary N) is 1. The Morgan fingerprint density at radius 2 is 2.20 bits per heavy atom. The first-order valence-corrected chi connectivity index (χ1v) is 8.06. The van der Waals surface area contributed by atoms with E-state index in [0.717, 1.165) is 27.2 Å². The zero-order valence-corrected chi connectivity index (χ0v) is 13.4. The summed E-state index contributed by atoms with van der Waals surface area (Å²) in [7, 11) is 5.29. The highest BCUT2D eigenvalue weighted by molar-refractivity contribution is 8.01. The topological polar surface area (TPSA) is 43.4 Å². The van der Waals surface area contributed by atoms with Gasteiger partial charge in [0.15, 0.2) is 0 Å². The molecular formula is C14H18N2O2S2. The van der Waals surface area contributed by atoms with Crippen molar-refractivity contribution < 1.29 is 9.47 Å². The van der Waals surface area contributed by atoms with Crippen LogP contribution in [0.3, 0.4) is 0 Å². The van der Waals surface area contributed by atoms with Gasteiger partial charge in [0.2, 0.25) is 0 Å². The summed E-state index contributed by atoms with van der Waals surface area (Å²) >= 11 is 3.40. The van der Waals surface area contributed by atoms with E-state index in [0.29, 0.717) is 0 Å². The molecular weight excluding hydrogens is 292 g/mol. The molecule has 0 spiro atoms. The fraction of sp³-hybridized carbons (Fsp3) is 0.357. The van der Waals surface area contributed by atoms with Gasteiger partial charge in [-0.05, 0) is 13.1 Å². The molecule has 0 aliphatic carbocycles. The Bertz CT molecular complexity index is 532. The number of ether oxygens (including phenoxy) is 2. The van der Waals surface area contributed by atoms with E-state index in [-0.39, 0.29) is 6.04 Å². The summed E-state index contributed by atoms with van der Waals surface area (Å²) in [4.78, 5) is 4.29. The lowest BCUT2D eigenvalue weighted by Gasteiger charge is -2.19. The monoisotopic (exact) mass is 310 g/mol. The predicted octanol–water partition coefficient (Wildman–Crippen LogP) is 3.21. The number of rotatable bonds is 7. The second-order valence-electron chi connectivity index (χ2n) is 4.06. The van der Waals surface area contributed by atoms with Gasteiger partial charge in [-0.2, -0.15) is 0 Å². The highest BCUT2D eigenvalue weighted by Crippen LogP contribution is 2.33. The van der Waals surface area contributed by atoms with Crippen LogP contribution in [-0.2, 0) is 0 Å². The molecule has 1 aromatic carbocycles. The van der Waals surface area contributed by atoms with Crippen molar-refractivity contribution in [2.45, 2.75) is 10.4 Å². The maximum Gasteiger partial charge on any atom is 0.149 e. The summed E-state index contributed by atoms with van der Waals surface area (Å²) in [6.07, 6.45) is 1.83. The van der Waals surface area contributed by atoms with Crippen LogP contribution in [0.5, 0.6) is 11.5 Å². The van der Waals surface area contributed by atoms with E-state index >= 15 is 0 Å². The first-order valence-electron chi connectivity index (χ1n) is 6.20. The third kappa shape index (κ3) is 3.65. The molecule has 0 aliphatic heterocycles. The minimum absolute atomic E-state index is 0.199. The predicted molar refractivity (Wildman–Crippen MR) is 84.2 cm³/mol. The highest BCUT2D eigenvalue weighted by atomic mass is 32.2. The molecule has 0 radical (unpaired) electrons. The zero-order valence-electron chi connectivity index (χ0n) is 11.8. The van der Waals surface area contributed by atoms with Gasteiger partial charge < -0.3 is 14.8 Å². The van der Waals surface area contributed by atoms with Crippen LogP contribution in [0.25, 0.3) is 0 Å². The molecule has 1 unspecified atom stereocenters. The molecule has 20 heavy (non-hydrogen) atoms. The first-order chi connectivity index (χ1) is 9.78. The maximum absolute atomic E-state index is 5.47. The smallest absolute Gasteiger partial charge is 0.149 e. The molecule has 6 heteroatoms. The number of thioether (sulfide) groups is 1. The SMILES string of the molecule is CNC(CSc1nccs1)c1ccc(OC)cc1OC. The Labute approximate surface area is 127 Å². The molecule has 1 aromatic heterocycles. The van der Waals surface area contributed by atoms with E-state index < -0.39 is 0 Å². The van der Waals surface area contributed by atoms with E-state index in [9.17, 15) is 0 Å². The number of aromatic nitrogens is 1. The third-order valence-corrected chi connectivity index (χ3v) is 5.01. The highest BCUT2D eigenvalue weighted by Gasteiger charge is 2.16. The van der Waals surface area contributed by atoms with Crippen LogP contribution in [-0.4, -0.2) is 32.0 Å². The fourth-order valence-corrected chi connectivity index (χ4v) is 3.66. The van der Waals surface area contributed by atoms with Gasteiger partial charge >= 0.3 is 0 Å². The number of methoxy groups -OCH3 is 2. The minimum atomic E-state index is 0.199. The van der Waals surface area contributed by atoms with Gasteiger partial charge in [-0.15, -0.1) is 11.3 Å². The van der Waals surface area contributed by atoms with E-state index in [4.69, 9.17) is 9.47 Å². The van der Waals surface area contributed by atoms with E-state index in [1.807, 2.05) is 36.8 Å². The molecule has 108 valence electrons. The molecule has 1 atom stereocenters. The molecule has 0 saturated heterocycles. The van der Waals surface area contributed by atoms with Gasteiger partial charge in [0.05, 0.1) is 14.2 Å². The minimum Gasteiger partial charge on any atom is -0.497 e. The normalized spacial score (nSPS) is 12.2. The Hall–Kier alpha value is -1.24. The van der Waals surface area contributed by atoms with Gasteiger partial charge in [-0.25, -0.2) is 4.98 Å². The summed E-state index contributed by atoms with van der Waals surface area (Å²) in [5, 5.41) is 5.32. The summed E-state index contributed by atoms with van der Waals surface area (Å²) in [6, 6.07) is 6.11. The third-order valence-electron chi connectivity index (χ3n) is 2.95. The van der Waals surface area contributed by atoms with Crippen molar-refractivity contribution in [2.75, 3.05) is 27.0 Å². The zero-order chi connectivity index (χ0) is 14.4. The van der Waals surface area contributed by atoms with Gasteiger partial charge in [0, 0.05) is 35.0 Å². The van der Waals surface area contributed by atoms with E-state index in [1.165, 1.54) is 0 Å². The number of hydrogen-bond acceptors (Lipinski definition) is 6. The van der Waals surface area contributed by atoms with Crippen molar-refractivity contribution >= 4 is 23.1 Å². The first kappa shape index (κ1) is 15.2. The van der Waals surface area contributed by atoms with Gasteiger partial charge in [0.1, 0.15) is 15.8 Å². The van der Waals surface area contributed by atoms with Gasteiger partial charge in [-0.3, -0.25) is 0 Å². The second-order valence-corrected chi connectivity index (χ2v) is 6.22. The van der Waals surface area contributed by atoms with Crippen molar-refractivity contribution in [3.05, 3.63) is 35.3 Å². The van der Waals surface area contributed by atoms with Gasteiger partial charge in [0.25, 0.3) is 0 Å². The van der Waals surface area contributed by atoms with Crippen molar-refractivity contribution in [2.24, 2.45) is 0 Å². The summed E-state index contributed by atoms with van der Waals surface area (Å²) in [5.41, 5.74) is 1.12. The standard InChI is InChI=1S/C14H18N2O2S2/c1-15-12(9-20-14-16-6-7-19-14)11-5-4-10(17-2)8-13(11)18-3/h4-8,12,15H,9H2,1-3H3. The van der Waals surface area contributed by atoms with Crippen LogP contribution in [0.1, 0.15) is 11.6 Å². The van der Waals surface area contributed by atoms with Gasteiger partial charge in [-0.1, -0.05) is 17.8 Å². The van der Waals surface area contributed by atoms with E-state index in [1.54, 1.807) is 37.3 Å². The number of benzene rings is 1. The summed E-state index contributed by atoms with van der Waals surface area (Å²) in [6.45, 7) is 0. The second kappa shape index (κ2) is 7.52. The van der Waals surface area contributed by atoms with Crippen LogP contribution in [0.2, 0.25) is 0 Å². The van der Waals surface area contributed by atoms with Crippen LogP contribution in [0.4, 0.5) is 0 Å². The number of thiazole rings is 1. The Morgan fingerprint density at radius 1 is 1.35 bits per heavy atom. The fourth-order valence-electron chi connectivity index (χ4n) is 1.87. The van der Waals surface area contributed by atoms with Crippen molar-refractivity contribution in [1.29, 1.82) is 0 Å². The largest absolute Gasteiger partial charge is 0.497 e. The molecule has 0 saturated carbocycles. The van der Waals surface area contributed by atoms with Crippen LogP contribution in [0, 0.1) is 0 Å². The average molecular weight is 310 g/mol. The quantitative estimate of drug-likeness (QED) is 0.796. The van der Waals surface area contributed by atoms with Crippen molar-refractivity contribution in [3.8, 4) is 11.5 Å². The number of hydrogen-bond donors (Lipinski definition) is 1. The van der Waals surface area contributed by atoms with E-state index in [2.05, 4.69) is 10.3 Å². The lowest BCUT2D eigenvalue weighted by atomic mass is 10.1. The molecule has 2 aromatic rings. The maximum atomic E-state index is 5.47. The summed E-state index contributed by atoms with van der Waals surface area (Å²) in [5.74, 6) is 2.53.